The Labute approximate surface area is 387 Å². The summed E-state index contributed by atoms with van der Waals surface area (Å²) in [4.78, 5) is 0. The summed E-state index contributed by atoms with van der Waals surface area (Å²) in [6.07, 6.45) is 0. The van der Waals surface area contributed by atoms with E-state index in [9.17, 15) is 0 Å². The first kappa shape index (κ1) is 39.0. The summed E-state index contributed by atoms with van der Waals surface area (Å²) < 4.78 is 5.05. The molecule has 66 heavy (non-hydrogen) atoms. The van der Waals surface area contributed by atoms with E-state index in [1.165, 1.54) is 144 Å². The third-order valence-corrected chi connectivity index (χ3v) is 16.2. The van der Waals surface area contributed by atoms with Crippen molar-refractivity contribution < 1.29 is 0 Å². The Hall–Kier alpha value is -7.42. The fourth-order valence-electron chi connectivity index (χ4n) is 12.5. The lowest BCUT2D eigenvalue weighted by atomic mass is 9.82. The van der Waals surface area contributed by atoms with Gasteiger partial charge in [0.25, 0.3) is 0 Å². The quantitative estimate of drug-likeness (QED) is 0.156. The molecule has 2 aliphatic rings. The van der Waals surface area contributed by atoms with E-state index in [1.54, 1.807) is 0 Å². The molecule has 2 nitrogen and oxygen atoms in total. The van der Waals surface area contributed by atoms with Crippen molar-refractivity contribution in [3.8, 4) is 55.9 Å². The highest BCUT2D eigenvalue weighted by Gasteiger charge is 2.37. The van der Waals surface area contributed by atoms with Crippen LogP contribution in [-0.4, -0.2) is 9.13 Å². The zero-order chi connectivity index (χ0) is 45.0. The summed E-state index contributed by atoms with van der Waals surface area (Å²) in [5, 5.41) is 7.65. The van der Waals surface area contributed by atoms with Crippen LogP contribution in [0.1, 0.15) is 72.5 Å². The number of hydrogen-bond donors (Lipinski definition) is 0. The molecule has 2 heterocycles. The Kier molecular flexibility index (Phi) is 8.01. The van der Waals surface area contributed by atoms with Gasteiger partial charge < -0.3 is 9.13 Å². The van der Waals surface area contributed by atoms with Gasteiger partial charge in [-0.3, -0.25) is 0 Å². The van der Waals surface area contributed by atoms with Crippen LogP contribution in [0.25, 0.3) is 99.2 Å². The maximum absolute atomic E-state index is 2.53. The Morgan fingerprint density at radius 1 is 0.318 bits per heavy atom. The standard InChI is InChI=1S/C64H52N2/c1-37-39(3)65(43-27-29-47-45-23-15-17-25-55(45)63(5,6)57(47)31-43)59-35-53-51(33-49(37)59)61(41-19-11-9-12-20-41)54-36-60-50(34-52(54)62(53)42-21-13-10-14-22-42)38(2)40(4)66(60)44-28-30-48-46-24-16-18-26-56(46)64(7,8)58(48)32-44/h9-36H,1-8H3. The molecular formula is C64H52N2. The SMILES string of the molecule is Cc1c(C)n(-c2ccc3c(c2)C(C)(C)c2ccccc2-3)c2cc3c(-c4ccccc4)c4cc5c(C)c(C)n(-c6ccc7c(c6)C(C)(C)c6ccccc6-7)c5cc4c(-c4ccccc4)c3cc12. The largest absolute Gasteiger partial charge is 0.314 e. The average Bonchev–Trinajstić information content (AvgIpc) is 3.92. The summed E-state index contributed by atoms with van der Waals surface area (Å²) in [7, 11) is 0. The molecule has 0 saturated heterocycles. The number of aromatic nitrogens is 2. The van der Waals surface area contributed by atoms with Crippen molar-refractivity contribution in [3.05, 3.63) is 215 Å². The summed E-state index contributed by atoms with van der Waals surface area (Å²) >= 11 is 0. The third kappa shape index (κ3) is 5.13. The zero-order valence-electron chi connectivity index (χ0n) is 39.1. The van der Waals surface area contributed by atoms with Gasteiger partial charge in [-0.2, -0.15) is 0 Å². The van der Waals surface area contributed by atoms with Crippen LogP contribution in [0.2, 0.25) is 0 Å². The average molecular weight is 849 g/mol. The molecule has 0 radical (unpaired) electrons. The molecule has 0 unspecified atom stereocenters. The predicted molar refractivity (Wildman–Crippen MR) is 280 cm³/mol. The Bertz CT molecular complexity index is 3630. The van der Waals surface area contributed by atoms with E-state index in [4.69, 9.17) is 0 Å². The van der Waals surface area contributed by atoms with Gasteiger partial charge in [-0.05, 0) is 176 Å². The van der Waals surface area contributed by atoms with Crippen molar-refractivity contribution in [3.63, 3.8) is 0 Å². The third-order valence-electron chi connectivity index (χ3n) is 16.2. The molecule has 318 valence electrons. The second-order valence-corrected chi connectivity index (χ2v) is 20.2. The van der Waals surface area contributed by atoms with E-state index in [0.717, 1.165) is 0 Å². The van der Waals surface area contributed by atoms with Gasteiger partial charge in [0, 0.05) is 44.4 Å². The highest BCUT2D eigenvalue weighted by Crippen LogP contribution is 2.52. The van der Waals surface area contributed by atoms with Crippen LogP contribution in [0.5, 0.6) is 0 Å². The summed E-state index contributed by atoms with van der Waals surface area (Å²) in [5.41, 5.74) is 25.9. The first-order valence-electron chi connectivity index (χ1n) is 23.6. The highest BCUT2D eigenvalue weighted by molar-refractivity contribution is 6.25. The molecule has 0 fully saturated rings. The van der Waals surface area contributed by atoms with Crippen LogP contribution in [0.4, 0.5) is 0 Å². The Morgan fingerprint density at radius 2 is 0.667 bits per heavy atom. The molecule has 0 spiro atoms. The van der Waals surface area contributed by atoms with Gasteiger partial charge in [0.1, 0.15) is 0 Å². The highest BCUT2D eigenvalue weighted by atomic mass is 15.0. The first-order chi connectivity index (χ1) is 31.9. The molecule has 0 saturated carbocycles. The monoisotopic (exact) mass is 848 g/mol. The topological polar surface area (TPSA) is 9.86 Å². The van der Waals surface area contributed by atoms with Crippen molar-refractivity contribution in [1.82, 2.24) is 9.13 Å². The summed E-state index contributed by atoms with van der Waals surface area (Å²) in [5.74, 6) is 0. The van der Waals surface area contributed by atoms with Gasteiger partial charge in [0.05, 0.1) is 11.0 Å². The number of fused-ring (bicyclic) bond motifs is 10. The second kappa shape index (κ2) is 13.6. The van der Waals surface area contributed by atoms with Crippen LogP contribution in [-0.2, 0) is 10.8 Å². The van der Waals surface area contributed by atoms with Crippen LogP contribution in [0, 0.1) is 27.7 Å². The van der Waals surface area contributed by atoms with Crippen molar-refractivity contribution in [1.29, 1.82) is 0 Å². The molecule has 2 aliphatic carbocycles. The lowest BCUT2D eigenvalue weighted by Gasteiger charge is -2.23. The van der Waals surface area contributed by atoms with E-state index in [2.05, 4.69) is 234 Å². The lowest BCUT2D eigenvalue weighted by Crippen LogP contribution is -2.15. The van der Waals surface area contributed by atoms with Crippen molar-refractivity contribution in [2.75, 3.05) is 0 Å². The molecule has 11 aromatic rings. The molecule has 0 atom stereocenters. The van der Waals surface area contributed by atoms with Crippen LogP contribution < -0.4 is 0 Å². The normalized spacial score (nSPS) is 14.3. The van der Waals surface area contributed by atoms with Gasteiger partial charge in [-0.15, -0.1) is 0 Å². The molecular weight excluding hydrogens is 797 g/mol. The fourth-order valence-corrected chi connectivity index (χ4v) is 12.5. The Balaban J connectivity index is 1.12. The fraction of sp³-hybridized carbons (Fsp3) is 0.156. The molecule has 2 heteroatoms. The van der Waals surface area contributed by atoms with Gasteiger partial charge in [0.2, 0.25) is 0 Å². The minimum atomic E-state index is -0.0890. The number of hydrogen-bond acceptors (Lipinski definition) is 0. The molecule has 2 aromatic heterocycles. The first-order valence-corrected chi connectivity index (χ1v) is 23.6. The maximum atomic E-state index is 2.53. The number of rotatable bonds is 4. The lowest BCUT2D eigenvalue weighted by molar-refractivity contribution is 0.659. The van der Waals surface area contributed by atoms with Crippen LogP contribution in [0.3, 0.4) is 0 Å². The van der Waals surface area contributed by atoms with Crippen molar-refractivity contribution in [2.45, 2.75) is 66.2 Å². The van der Waals surface area contributed by atoms with E-state index < -0.39 is 0 Å². The van der Waals surface area contributed by atoms with Gasteiger partial charge in [0.15, 0.2) is 0 Å². The number of benzene rings is 9. The molecule has 9 aromatic carbocycles. The smallest absolute Gasteiger partial charge is 0.0540 e. The van der Waals surface area contributed by atoms with Crippen LogP contribution in [0.15, 0.2) is 170 Å². The summed E-state index contributed by atoms with van der Waals surface area (Å²) in [6.45, 7) is 18.7. The van der Waals surface area contributed by atoms with E-state index in [1.807, 2.05) is 0 Å². The molecule has 0 amide bonds. The minimum absolute atomic E-state index is 0.0890. The Morgan fingerprint density at radius 3 is 1.08 bits per heavy atom. The summed E-state index contributed by atoms with van der Waals surface area (Å²) in [6, 6.07) is 64.5. The molecule has 13 rings (SSSR count). The van der Waals surface area contributed by atoms with Crippen LogP contribution >= 0.6 is 0 Å². The number of aryl methyl sites for hydroxylation is 2. The second-order valence-electron chi connectivity index (χ2n) is 20.2. The molecule has 0 bridgehead atoms. The predicted octanol–water partition coefficient (Wildman–Crippen LogP) is 17.1. The minimum Gasteiger partial charge on any atom is -0.314 e. The molecule has 0 aliphatic heterocycles. The van der Waals surface area contributed by atoms with E-state index in [-0.39, 0.29) is 10.8 Å². The zero-order valence-corrected chi connectivity index (χ0v) is 39.1. The van der Waals surface area contributed by atoms with Gasteiger partial charge >= 0.3 is 0 Å². The van der Waals surface area contributed by atoms with Crippen molar-refractivity contribution in [2.24, 2.45) is 0 Å². The van der Waals surface area contributed by atoms with E-state index >= 15 is 0 Å². The van der Waals surface area contributed by atoms with Crippen molar-refractivity contribution >= 4 is 43.4 Å². The molecule has 0 N–H and O–H groups in total. The van der Waals surface area contributed by atoms with Gasteiger partial charge in [-0.1, -0.05) is 149 Å². The van der Waals surface area contributed by atoms with Gasteiger partial charge in [-0.25, -0.2) is 0 Å². The number of nitrogens with zero attached hydrogens (tertiary/aromatic N) is 2. The maximum Gasteiger partial charge on any atom is 0.0540 e. The van der Waals surface area contributed by atoms with E-state index in [0.29, 0.717) is 0 Å².